The van der Waals surface area contributed by atoms with Crippen molar-refractivity contribution in [3.8, 4) is 0 Å². The van der Waals surface area contributed by atoms with E-state index in [-0.39, 0.29) is 5.91 Å². The Morgan fingerprint density at radius 3 is 2.71 bits per heavy atom. The largest absolute Gasteiger partial charge is 0.307 e. The summed E-state index contributed by atoms with van der Waals surface area (Å²) >= 11 is 0. The van der Waals surface area contributed by atoms with Crippen LogP contribution in [0.2, 0.25) is 0 Å². The number of benzene rings is 1. The van der Waals surface area contributed by atoms with Crippen LogP contribution in [0.5, 0.6) is 0 Å². The lowest BCUT2D eigenvalue weighted by molar-refractivity contribution is -0.117. The number of nitrogens with one attached hydrogen (secondary N) is 2. The lowest BCUT2D eigenvalue weighted by atomic mass is 10.2. The molecule has 1 saturated heterocycles. The minimum Gasteiger partial charge on any atom is -0.307 e. The van der Waals surface area contributed by atoms with Gasteiger partial charge in [-0.2, -0.15) is 0 Å². The molecule has 0 unspecified atom stereocenters. The summed E-state index contributed by atoms with van der Waals surface area (Å²) in [5.74, 6) is 0.0222. The summed E-state index contributed by atoms with van der Waals surface area (Å²) in [6.45, 7) is 0.380. The quantitative estimate of drug-likeness (QED) is 0.652. The van der Waals surface area contributed by atoms with Crippen LogP contribution in [0.3, 0.4) is 0 Å². The van der Waals surface area contributed by atoms with Crippen LogP contribution >= 0.6 is 10.9 Å². The van der Waals surface area contributed by atoms with Crippen LogP contribution < -0.4 is 10.6 Å². The SMILES string of the molecule is O=C1CNC(=S=Cc2ccccc2)N1. The molecule has 72 valence electrons. The molecule has 0 saturated carbocycles. The van der Waals surface area contributed by atoms with Crippen molar-refractivity contribution in [2.45, 2.75) is 0 Å². The van der Waals surface area contributed by atoms with Gasteiger partial charge in [-0.3, -0.25) is 10.1 Å². The molecule has 0 atom stereocenters. The Morgan fingerprint density at radius 1 is 1.29 bits per heavy atom. The average molecular weight is 206 g/mol. The van der Waals surface area contributed by atoms with Crippen LogP contribution in [-0.4, -0.2) is 22.9 Å². The van der Waals surface area contributed by atoms with Gasteiger partial charge >= 0.3 is 0 Å². The minimum absolute atomic E-state index is 0.0222. The molecule has 0 aromatic heterocycles. The molecule has 1 aromatic carbocycles. The summed E-state index contributed by atoms with van der Waals surface area (Å²) in [5, 5.41) is 8.49. The van der Waals surface area contributed by atoms with Gasteiger partial charge in [0.2, 0.25) is 5.91 Å². The fraction of sp³-hybridized carbons (Fsp3) is 0.100. The molecule has 14 heavy (non-hydrogen) atoms. The van der Waals surface area contributed by atoms with Crippen LogP contribution in [0.15, 0.2) is 30.3 Å². The highest BCUT2D eigenvalue weighted by molar-refractivity contribution is 7.97. The van der Waals surface area contributed by atoms with E-state index < -0.39 is 0 Å². The smallest absolute Gasteiger partial charge is 0.240 e. The zero-order valence-electron chi connectivity index (χ0n) is 7.49. The average Bonchev–Trinajstić information content (AvgIpc) is 2.63. The van der Waals surface area contributed by atoms with Gasteiger partial charge < -0.3 is 5.32 Å². The first kappa shape index (κ1) is 9.18. The van der Waals surface area contributed by atoms with Crippen LogP contribution in [0.25, 0.3) is 0 Å². The normalized spacial score (nSPS) is 15.1. The molecule has 2 N–H and O–H groups in total. The molecule has 4 heteroatoms. The maximum absolute atomic E-state index is 10.8. The van der Waals surface area contributed by atoms with Crippen molar-refractivity contribution < 1.29 is 4.79 Å². The van der Waals surface area contributed by atoms with E-state index in [1.807, 2.05) is 35.7 Å². The van der Waals surface area contributed by atoms with Gasteiger partial charge in [-0.1, -0.05) is 30.3 Å². The molecule has 1 aromatic rings. The molecule has 1 fully saturated rings. The van der Waals surface area contributed by atoms with E-state index in [9.17, 15) is 4.79 Å². The predicted octanol–water partition coefficient (Wildman–Crippen LogP) is 0.377. The first-order valence-corrected chi connectivity index (χ1v) is 5.18. The zero-order valence-corrected chi connectivity index (χ0v) is 8.30. The Kier molecular flexibility index (Phi) is 2.76. The Morgan fingerprint density at radius 2 is 2.07 bits per heavy atom. The second kappa shape index (κ2) is 4.21. The van der Waals surface area contributed by atoms with E-state index in [0.717, 1.165) is 10.7 Å². The van der Waals surface area contributed by atoms with Crippen LogP contribution in [0.4, 0.5) is 0 Å². The predicted molar refractivity (Wildman–Crippen MR) is 60.4 cm³/mol. The van der Waals surface area contributed by atoms with Crippen molar-refractivity contribution in [3.05, 3.63) is 35.9 Å². The molecule has 1 amide bonds. The third-order valence-corrected chi connectivity index (χ3v) is 2.65. The number of hydrogen-bond donors (Lipinski definition) is 2. The second-order valence-corrected chi connectivity index (χ2v) is 3.76. The lowest BCUT2D eigenvalue weighted by Gasteiger charge is -1.90. The van der Waals surface area contributed by atoms with E-state index in [1.165, 1.54) is 10.9 Å². The molecule has 0 radical (unpaired) electrons. The Labute approximate surface area is 85.7 Å². The molecule has 0 aliphatic carbocycles. The first-order chi connectivity index (χ1) is 6.84. The number of carbonyl (C=O) groups is 1. The van der Waals surface area contributed by atoms with Crippen LogP contribution in [0.1, 0.15) is 5.56 Å². The van der Waals surface area contributed by atoms with Gasteiger partial charge in [0.1, 0.15) is 5.11 Å². The summed E-state index contributed by atoms with van der Waals surface area (Å²) in [6, 6.07) is 9.98. The van der Waals surface area contributed by atoms with Gasteiger partial charge in [0.15, 0.2) is 0 Å². The number of rotatable bonds is 1. The highest BCUT2D eigenvalue weighted by atomic mass is 32.1. The molecular formula is C10H10N2OS. The van der Waals surface area contributed by atoms with Crippen LogP contribution in [0, 0.1) is 0 Å². The highest BCUT2D eigenvalue weighted by Gasteiger charge is 2.11. The molecule has 2 rings (SSSR count). The third kappa shape index (κ3) is 2.31. The topological polar surface area (TPSA) is 41.1 Å². The summed E-state index contributed by atoms with van der Waals surface area (Å²) in [7, 11) is 1.49. The Balaban J connectivity index is 2.17. The van der Waals surface area contributed by atoms with Gasteiger partial charge in [-0.05, 0) is 5.56 Å². The van der Waals surface area contributed by atoms with Gasteiger partial charge in [-0.25, -0.2) is 0 Å². The monoisotopic (exact) mass is 206 g/mol. The van der Waals surface area contributed by atoms with Crippen molar-refractivity contribution in [1.82, 2.24) is 10.6 Å². The number of carbonyl (C=O) groups excluding carboxylic acids is 1. The third-order valence-electron chi connectivity index (χ3n) is 1.77. The van der Waals surface area contributed by atoms with Crippen LogP contribution in [-0.2, 0) is 4.79 Å². The van der Waals surface area contributed by atoms with Crippen molar-refractivity contribution in [2.75, 3.05) is 6.54 Å². The van der Waals surface area contributed by atoms with Crippen molar-refractivity contribution >= 4 is 27.3 Å². The molecule has 1 heterocycles. The summed E-state index contributed by atoms with van der Waals surface area (Å²) in [6.07, 6.45) is 0. The maximum Gasteiger partial charge on any atom is 0.240 e. The van der Waals surface area contributed by atoms with Crippen molar-refractivity contribution in [2.24, 2.45) is 0 Å². The van der Waals surface area contributed by atoms with E-state index >= 15 is 0 Å². The standard InChI is InChI=1S/C10H10N2OS/c13-9-6-11-10(12-9)14-7-8-4-2-1-3-5-8/h1-5,7,11H,6H2,(H,12,13). The van der Waals surface area contributed by atoms with Gasteiger partial charge in [0.05, 0.1) is 6.54 Å². The van der Waals surface area contributed by atoms with Gasteiger partial charge in [0, 0.05) is 5.37 Å². The molecule has 0 bridgehead atoms. The lowest BCUT2D eigenvalue weighted by Crippen LogP contribution is -2.22. The summed E-state index contributed by atoms with van der Waals surface area (Å²) in [5.41, 5.74) is 1.13. The van der Waals surface area contributed by atoms with Gasteiger partial charge in [0.25, 0.3) is 0 Å². The fourth-order valence-electron chi connectivity index (χ4n) is 1.11. The van der Waals surface area contributed by atoms with Crippen molar-refractivity contribution in [1.29, 1.82) is 0 Å². The van der Waals surface area contributed by atoms with Gasteiger partial charge in [-0.15, -0.1) is 10.9 Å². The fourth-order valence-corrected chi connectivity index (χ4v) is 1.84. The maximum atomic E-state index is 10.8. The highest BCUT2D eigenvalue weighted by Crippen LogP contribution is 1.95. The minimum atomic E-state index is 0.0222. The molecule has 1 aliphatic heterocycles. The number of hydrogen-bond acceptors (Lipinski definition) is 1. The summed E-state index contributed by atoms with van der Waals surface area (Å²) < 4.78 is 0. The van der Waals surface area contributed by atoms with Crippen molar-refractivity contribution in [3.63, 3.8) is 0 Å². The molecule has 0 spiro atoms. The molecule has 3 nitrogen and oxygen atoms in total. The van der Waals surface area contributed by atoms with E-state index in [2.05, 4.69) is 10.6 Å². The Bertz CT molecular complexity index is 407. The van der Waals surface area contributed by atoms with E-state index in [4.69, 9.17) is 0 Å². The molecular weight excluding hydrogens is 196 g/mol. The number of amides is 1. The second-order valence-electron chi connectivity index (χ2n) is 2.88. The Hall–Kier alpha value is -1.39. The first-order valence-electron chi connectivity index (χ1n) is 4.30. The van der Waals surface area contributed by atoms with E-state index in [0.29, 0.717) is 6.54 Å². The summed E-state index contributed by atoms with van der Waals surface area (Å²) in [4.78, 5) is 10.8. The zero-order chi connectivity index (χ0) is 9.80. The van der Waals surface area contributed by atoms with E-state index in [1.54, 1.807) is 0 Å². The molecule has 1 aliphatic rings.